The standard InChI is InChI=1S/C10H15N3O3/c1-7(11)9(14)12-4-5-13-10(15)8-3-2-6-16-8/h2-3,6-7H,4-5,11H2,1H3,(H,12,14)(H,13,15). The molecule has 0 radical (unpaired) electrons. The summed E-state index contributed by atoms with van der Waals surface area (Å²) in [6.45, 7) is 2.27. The number of furan rings is 1. The van der Waals surface area contributed by atoms with Crippen LogP contribution in [0, 0.1) is 0 Å². The Morgan fingerprint density at radius 3 is 2.69 bits per heavy atom. The molecule has 0 saturated carbocycles. The highest BCUT2D eigenvalue weighted by atomic mass is 16.3. The minimum Gasteiger partial charge on any atom is -0.459 e. The fraction of sp³-hybridized carbons (Fsp3) is 0.400. The lowest BCUT2D eigenvalue weighted by Crippen LogP contribution is -2.41. The molecule has 4 N–H and O–H groups in total. The van der Waals surface area contributed by atoms with Crippen molar-refractivity contribution in [3.05, 3.63) is 24.2 Å². The summed E-state index contributed by atoms with van der Waals surface area (Å²) in [6, 6.07) is 2.66. The van der Waals surface area contributed by atoms with E-state index in [1.165, 1.54) is 6.26 Å². The van der Waals surface area contributed by atoms with E-state index in [4.69, 9.17) is 10.2 Å². The minimum absolute atomic E-state index is 0.243. The Balaban J connectivity index is 2.17. The Morgan fingerprint density at radius 1 is 1.44 bits per heavy atom. The third-order valence-electron chi connectivity index (χ3n) is 1.87. The Hall–Kier alpha value is -1.82. The molecule has 16 heavy (non-hydrogen) atoms. The molecule has 0 fully saturated rings. The van der Waals surface area contributed by atoms with E-state index in [0.717, 1.165) is 0 Å². The van der Waals surface area contributed by atoms with E-state index in [1.807, 2.05) is 0 Å². The van der Waals surface area contributed by atoms with Crippen LogP contribution in [0.2, 0.25) is 0 Å². The number of amides is 2. The third-order valence-corrected chi connectivity index (χ3v) is 1.87. The summed E-state index contributed by atoms with van der Waals surface area (Å²) >= 11 is 0. The molecule has 1 rings (SSSR count). The van der Waals surface area contributed by atoms with Gasteiger partial charge >= 0.3 is 0 Å². The first kappa shape index (κ1) is 12.3. The summed E-state index contributed by atoms with van der Waals surface area (Å²) in [5.41, 5.74) is 5.34. The van der Waals surface area contributed by atoms with E-state index in [9.17, 15) is 9.59 Å². The second kappa shape index (κ2) is 5.92. The minimum atomic E-state index is -0.541. The number of nitrogens with one attached hydrogen (secondary N) is 2. The van der Waals surface area contributed by atoms with Gasteiger partial charge in [0.25, 0.3) is 5.91 Å². The second-order valence-corrected chi connectivity index (χ2v) is 3.31. The van der Waals surface area contributed by atoms with E-state index >= 15 is 0 Å². The van der Waals surface area contributed by atoms with Crippen LogP contribution in [-0.4, -0.2) is 30.9 Å². The van der Waals surface area contributed by atoms with Gasteiger partial charge in [-0.1, -0.05) is 0 Å². The highest BCUT2D eigenvalue weighted by Crippen LogP contribution is 1.98. The molecule has 0 spiro atoms. The molecule has 1 unspecified atom stereocenters. The SMILES string of the molecule is CC(N)C(=O)NCCNC(=O)c1ccco1. The van der Waals surface area contributed by atoms with Gasteiger partial charge in [-0.15, -0.1) is 0 Å². The van der Waals surface area contributed by atoms with E-state index < -0.39 is 6.04 Å². The number of rotatable bonds is 5. The Kier molecular flexibility index (Phi) is 4.53. The first-order valence-electron chi connectivity index (χ1n) is 4.96. The van der Waals surface area contributed by atoms with Crippen molar-refractivity contribution < 1.29 is 14.0 Å². The third kappa shape index (κ3) is 3.74. The van der Waals surface area contributed by atoms with Gasteiger partial charge < -0.3 is 20.8 Å². The van der Waals surface area contributed by atoms with Crippen molar-refractivity contribution in [2.24, 2.45) is 5.73 Å². The Bertz CT molecular complexity index is 346. The van der Waals surface area contributed by atoms with Gasteiger partial charge in [0.15, 0.2) is 5.76 Å². The normalized spacial score (nSPS) is 11.9. The summed E-state index contributed by atoms with van der Waals surface area (Å²) in [4.78, 5) is 22.4. The zero-order valence-corrected chi connectivity index (χ0v) is 9.03. The van der Waals surface area contributed by atoms with E-state index in [2.05, 4.69) is 10.6 Å². The molecule has 1 atom stereocenters. The molecule has 2 amide bonds. The maximum Gasteiger partial charge on any atom is 0.287 e. The maximum absolute atomic E-state index is 11.3. The van der Waals surface area contributed by atoms with Crippen molar-refractivity contribution in [1.82, 2.24) is 10.6 Å². The molecule has 0 aliphatic heterocycles. The average Bonchev–Trinajstić information content (AvgIpc) is 2.76. The van der Waals surface area contributed by atoms with Crippen LogP contribution in [0.3, 0.4) is 0 Å². The van der Waals surface area contributed by atoms with Crippen LogP contribution >= 0.6 is 0 Å². The van der Waals surface area contributed by atoms with Crippen molar-refractivity contribution in [3.8, 4) is 0 Å². The second-order valence-electron chi connectivity index (χ2n) is 3.31. The van der Waals surface area contributed by atoms with Gasteiger partial charge in [-0.3, -0.25) is 9.59 Å². The molecule has 0 aliphatic rings. The van der Waals surface area contributed by atoms with Gasteiger partial charge in [-0.05, 0) is 19.1 Å². The van der Waals surface area contributed by atoms with Crippen LogP contribution in [0.5, 0.6) is 0 Å². The number of carbonyl (C=O) groups excluding carboxylic acids is 2. The van der Waals surface area contributed by atoms with Gasteiger partial charge in [0, 0.05) is 13.1 Å². The number of hydrogen-bond donors (Lipinski definition) is 3. The summed E-state index contributed by atoms with van der Waals surface area (Å²) in [7, 11) is 0. The fourth-order valence-corrected chi connectivity index (χ4v) is 1.02. The first-order valence-corrected chi connectivity index (χ1v) is 4.96. The molecular weight excluding hydrogens is 210 g/mol. The first-order chi connectivity index (χ1) is 7.61. The van der Waals surface area contributed by atoms with Crippen LogP contribution in [-0.2, 0) is 4.79 Å². The largest absolute Gasteiger partial charge is 0.459 e. The average molecular weight is 225 g/mol. The van der Waals surface area contributed by atoms with E-state index in [0.29, 0.717) is 13.1 Å². The van der Waals surface area contributed by atoms with Crippen molar-refractivity contribution in [2.75, 3.05) is 13.1 Å². The van der Waals surface area contributed by atoms with Gasteiger partial charge in [-0.25, -0.2) is 0 Å². The molecule has 1 aromatic heterocycles. The predicted molar refractivity (Wildman–Crippen MR) is 57.7 cm³/mol. The van der Waals surface area contributed by atoms with Gasteiger partial charge in [0.1, 0.15) is 0 Å². The molecular formula is C10H15N3O3. The summed E-state index contributed by atoms with van der Waals surface area (Å²) in [6.07, 6.45) is 1.42. The predicted octanol–water partition coefficient (Wildman–Crippen LogP) is -0.527. The molecule has 0 aliphatic carbocycles. The number of nitrogens with two attached hydrogens (primary N) is 1. The van der Waals surface area contributed by atoms with Crippen LogP contribution in [0.25, 0.3) is 0 Å². The molecule has 1 aromatic rings. The van der Waals surface area contributed by atoms with Crippen LogP contribution < -0.4 is 16.4 Å². The smallest absolute Gasteiger partial charge is 0.287 e. The fourth-order valence-electron chi connectivity index (χ4n) is 1.02. The highest BCUT2D eigenvalue weighted by molar-refractivity contribution is 5.91. The van der Waals surface area contributed by atoms with Crippen LogP contribution in [0.15, 0.2) is 22.8 Å². The molecule has 0 bridgehead atoms. The van der Waals surface area contributed by atoms with E-state index in [1.54, 1.807) is 19.1 Å². The van der Waals surface area contributed by atoms with Crippen molar-refractivity contribution in [1.29, 1.82) is 0 Å². The molecule has 88 valence electrons. The lowest BCUT2D eigenvalue weighted by molar-refractivity contribution is -0.121. The molecule has 6 nitrogen and oxygen atoms in total. The molecule has 0 saturated heterocycles. The van der Waals surface area contributed by atoms with Gasteiger partial charge in [-0.2, -0.15) is 0 Å². The maximum atomic E-state index is 11.3. The monoisotopic (exact) mass is 225 g/mol. The molecule has 6 heteroatoms. The number of hydrogen-bond acceptors (Lipinski definition) is 4. The lowest BCUT2D eigenvalue weighted by Gasteiger charge is -2.07. The van der Waals surface area contributed by atoms with Crippen LogP contribution in [0.4, 0.5) is 0 Å². The topological polar surface area (TPSA) is 97.4 Å². The summed E-state index contributed by atoms with van der Waals surface area (Å²) in [5.74, 6) is -0.300. The zero-order chi connectivity index (χ0) is 12.0. The van der Waals surface area contributed by atoms with Crippen molar-refractivity contribution in [2.45, 2.75) is 13.0 Å². The Morgan fingerprint density at radius 2 is 2.12 bits per heavy atom. The zero-order valence-electron chi connectivity index (χ0n) is 9.03. The van der Waals surface area contributed by atoms with E-state index in [-0.39, 0.29) is 17.6 Å². The van der Waals surface area contributed by atoms with Crippen molar-refractivity contribution >= 4 is 11.8 Å². The molecule has 1 heterocycles. The summed E-state index contributed by atoms with van der Waals surface area (Å²) in [5, 5.41) is 5.16. The van der Waals surface area contributed by atoms with Crippen molar-refractivity contribution in [3.63, 3.8) is 0 Å². The molecule has 0 aromatic carbocycles. The quantitative estimate of drug-likeness (QED) is 0.587. The van der Waals surface area contributed by atoms with Crippen LogP contribution in [0.1, 0.15) is 17.5 Å². The number of carbonyl (C=O) groups is 2. The Labute approximate surface area is 93.2 Å². The lowest BCUT2D eigenvalue weighted by atomic mass is 10.3. The van der Waals surface area contributed by atoms with Gasteiger partial charge in [0.05, 0.1) is 12.3 Å². The highest BCUT2D eigenvalue weighted by Gasteiger charge is 2.08. The summed E-state index contributed by atoms with van der Waals surface area (Å²) < 4.78 is 4.89. The van der Waals surface area contributed by atoms with Gasteiger partial charge in [0.2, 0.25) is 5.91 Å².